The molecule has 3 rings (SSSR count). The van der Waals surface area contributed by atoms with Gasteiger partial charge in [0, 0.05) is 49.8 Å². The van der Waals surface area contributed by atoms with Crippen molar-refractivity contribution in [1.82, 2.24) is 9.88 Å². The first kappa shape index (κ1) is 17.6. The van der Waals surface area contributed by atoms with Gasteiger partial charge in [0.25, 0.3) is 0 Å². The smallest absolute Gasteiger partial charge is 0.387 e. The van der Waals surface area contributed by atoms with E-state index in [1.807, 2.05) is 19.9 Å². The number of ether oxygens (including phenoxy) is 1. The number of piperazine rings is 1. The van der Waals surface area contributed by atoms with Crippen LogP contribution in [0.4, 0.5) is 14.5 Å². The predicted molar refractivity (Wildman–Crippen MR) is 94.3 cm³/mol. The third-order valence-electron chi connectivity index (χ3n) is 4.33. The number of nitrogens with zero attached hydrogens (tertiary/aromatic N) is 3. The molecular formula is C19H23F2N3O. The lowest BCUT2D eigenvalue weighted by Gasteiger charge is -2.36. The van der Waals surface area contributed by atoms with Gasteiger partial charge < -0.3 is 9.64 Å². The Balaban J connectivity index is 1.57. The number of hydrogen-bond acceptors (Lipinski definition) is 4. The second-order valence-corrected chi connectivity index (χ2v) is 6.40. The van der Waals surface area contributed by atoms with Crippen LogP contribution in [0.15, 0.2) is 36.4 Å². The van der Waals surface area contributed by atoms with Crippen LogP contribution in [0, 0.1) is 13.8 Å². The molecule has 0 N–H and O–H groups in total. The molecule has 1 saturated heterocycles. The Morgan fingerprint density at radius 2 is 1.72 bits per heavy atom. The van der Waals surface area contributed by atoms with Gasteiger partial charge in [-0.3, -0.25) is 9.88 Å². The van der Waals surface area contributed by atoms with Gasteiger partial charge in [-0.15, -0.1) is 0 Å². The van der Waals surface area contributed by atoms with Crippen LogP contribution in [0.3, 0.4) is 0 Å². The van der Waals surface area contributed by atoms with Gasteiger partial charge in [0.1, 0.15) is 5.75 Å². The van der Waals surface area contributed by atoms with Gasteiger partial charge in [-0.1, -0.05) is 12.1 Å². The number of aryl methyl sites for hydroxylation is 2. The Morgan fingerprint density at radius 3 is 2.36 bits per heavy atom. The minimum absolute atomic E-state index is 0.217. The van der Waals surface area contributed by atoms with Crippen molar-refractivity contribution in [2.24, 2.45) is 0 Å². The minimum Gasteiger partial charge on any atom is -0.435 e. The first-order valence-corrected chi connectivity index (χ1v) is 8.46. The number of alkyl halides is 2. The summed E-state index contributed by atoms with van der Waals surface area (Å²) in [6.07, 6.45) is 0. The molecule has 2 aromatic rings. The molecule has 2 heterocycles. The third-order valence-corrected chi connectivity index (χ3v) is 4.33. The maximum atomic E-state index is 12.3. The molecule has 1 aliphatic rings. The lowest BCUT2D eigenvalue weighted by Crippen LogP contribution is -2.46. The van der Waals surface area contributed by atoms with Gasteiger partial charge >= 0.3 is 6.61 Å². The van der Waals surface area contributed by atoms with Crippen LogP contribution in [0.25, 0.3) is 0 Å². The standard InChI is InChI=1S/C19H23F2N3O/c1-14-10-17(11-15(2)22-14)24-8-6-23(7-9-24)13-16-4-3-5-18(12-16)25-19(20)21/h3-5,10-12,19H,6-9,13H2,1-2H3. The molecule has 4 nitrogen and oxygen atoms in total. The predicted octanol–water partition coefficient (Wildman–Crippen LogP) is 3.62. The summed E-state index contributed by atoms with van der Waals surface area (Å²) >= 11 is 0. The molecular weight excluding hydrogens is 324 g/mol. The van der Waals surface area contributed by atoms with Crippen LogP contribution < -0.4 is 9.64 Å². The molecule has 1 aromatic heterocycles. The minimum atomic E-state index is -2.79. The number of benzene rings is 1. The van der Waals surface area contributed by atoms with Crippen LogP contribution in [-0.4, -0.2) is 42.7 Å². The molecule has 0 atom stereocenters. The average molecular weight is 347 g/mol. The van der Waals surface area contributed by atoms with Crippen molar-refractivity contribution in [3.05, 3.63) is 53.3 Å². The number of anilines is 1. The van der Waals surface area contributed by atoms with Crippen molar-refractivity contribution < 1.29 is 13.5 Å². The summed E-state index contributed by atoms with van der Waals surface area (Å²) in [5.74, 6) is 0.217. The Kier molecular flexibility index (Phi) is 5.48. The van der Waals surface area contributed by atoms with E-state index in [-0.39, 0.29) is 5.75 Å². The zero-order valence-corrected chi connectivity index (χ0v) is 14.6. The fourth-order valence-corrected chi connectivity index (χ4v) is 3.24. The van der Waals surface area contributed by atoms with Crippen molar-refractivity contribution in [3.63, 3.8) is 0 Å². The van der Waals surface area contributed by atoms with Gasteiger partial charge in [0.2, 0.25) is 0 Å². The fourth-order valence-electron chi connectivity index (χ4n) is 3.24. The summed E-state index contributed by atoms with van der Waals surface area (Å²) in [4.78, 5) is 9.13. The average Bonchev–Trinajstić information content (AvgIpc) is 2.54. The van der Waals surface area contributed by atoms with Crippen LogP contribution in [-0.2, 0) is 6.54 Å². The van der Waals surface area contributed by atoms with E-state index in [9.17, 15) is 8.78 Å². The molecule has 0 amide bonds. The van der Waals surface area contributed by atoms with Crippen molar-refractivity contribution in [2.75, 3.05) is 31.1 Å². The highest BCUT2D eigenvalue weighted by atomic mass is 19.3. The molecule has 1 aromatic carbocycles. The summed E-state index contributed by atoms with van der Waals surface area (Å²) in [7, 11) is 0. The number of aromatic nitrogens is 1. The van der Waals surface area contributed by atoms with E-state index >= 15 is 0 Å². The first-order valence-electron chi connectivity index (χ1n) is 8.46. The highest BCUT2D eigenvalue weighted by molar-refractivity contribution is 5.48. The van der Waals surface area contributed by atoms with Crippen molar-refractivity contribution >= 4 is 5.69 Å². The lowest BCUT2D eigenvalue weighted by atomic mass is 10.1. The second-order valence-electron chi connectivity index (χ2n) is 6.40. The van der Waals surface area contributed by atoms with E-state index in [0.29, 0.717) is 0 Å². The molecule has 0 spiro atoms. The van der Waals surface area contributed by atoms with Crippen LogP contribution in [0.5, 0.6) is 5.75 Å². The Bertz CT molecular complexity index is 695. The highest BCUT2D eigenvalue weighted by Crippen LogP contribution is 2.21. The Morgan fingerprint density at radius 1 is 1.04 bits per heavy atom. The Hall–Kier alpha value is -2.21. The molecule has 0 unspecified atom stereocenters. The number of hydrogen-bond donors (Lipinski definition) is 0. The molecule has 1 fully saturated rings. The largest absolute Gasteiger partial charge is 0.435 e. The SMILES string of the molecule is Cc1cc(N2CCN(Cc3cccc(OC(F)F)c3)CC2)cc(C)n1. The molecule has 0 radical (unpaired) electrons. The van der Waals surface area contributed by atoms with Gasteiger partial charge in [0.15, 0.2) is 0 Å². The van der Waals surface area contributed by atoms with E-state index in [1.165, 1.54) is 5.69 Å². The summed E-state index contributed by atoms with van der Waals surface area (Å²) in [5.41, 5.74) is 4.28. The number of pyridine rings is 1. The molecule has 0 bridgehead atoms. The third kappa shape index (κ3) is 4.89. The van der Waals surface area contributed by atoms with Crippen LogP contribution >= 0.6 is 0 Å². The van der Waals surface area contributed by atoms with Crippen molar-refractivity contribution in [3.8, 4) is 5.75 Å². The normalized spacial score (nSPS) is 15.6. The summed E-state index contributed by atoms with van der Waals surface area (Å²) in [6.45, 7) is 5.73. The maximum absolute atomic E-state index is 12.3. The van der Waals surface area contributed by atoms with E-state index in [1.54, 1.807) is 18.2 Å². The number of rotatable bonds is 5. The van der Waals surface area contributed by atoms with E-state index < -0.39 is 6.61 Å². The molecule has 0 saturated carbocycles. The lowest BCUT2D eigenvalue weighted by molar-refractivity contribution is -0.0499. The van der Waals surface area contributed by atoms with Gasteiger partial charge in [-0.05, 0) is 43.7 Å². The van der Waals surface area contributed by atoms with Crippen LogP contribution in [0.2, 0.25) is 0 Å². The Labute approximate surface area is 147 Å². The molecule has 134 valence electrons. The first-order chi connectivity index (χ1) is 12.0. The fraction of sp³-hybridized carbons (Fsp3) is 0.421. The summed E-state index contributed by atoms with van der Waals surface area (Å²) in [6, 6.07) is 11.2. The zero-order valence-electron chi connectivity index (χ0n) is 14.6. The molecule has 0 aliphatic carbocycles. The molecule has 25 heavy (non-hydrogen) atoms. The van der Waals surface area contributed by atoms with Crippen molar-refractivity contribution in [2.45, 2.75) is 27.0 Å². The van der Waals surface area contributed by atoms with Crippen LogP contribution in [0.1, 0.15) is 17.0 Å². The van der Waals surface area contributed by atoms with Gasteiger partial charge in [0.05, 0.1) is 0 Å². The maximum Gasteiger partial charge on any atom is 0.387 e. The van der Waals surface area contributed by atoms with E-state index in [4.69, 9.17) is 0 Å². The summed E-state index contributed by atoms with van der Waals surface area (Å²) < 4.78 is 29.1. The quantitative estimate of drug-likeness (QED) is 0.826. The topological polar surface area (TPSA) is 28.6 Å². The van der Waals surface area contributed by atoms with E-state index in [2.05, 4.69) is 31.7 Å². The van der Waals surface area contributed by atoms with E-state index in [0.717, 1.165) is 49.7 Å². The monoisotopic (exact) mass is 347 g/mol. The molecule has 1 aliphatic heterocycles. The number of halogens is 2. The zero-order chi connectivity index (χ0) is 17.8. The van der Waals surface area contributed by atoms with Gasteiger partial charge in [-0.2, -0.15) is 8.78 Å². The van der Waals surface area contributed by atoms with Gasteiger partial charge in [-0.25, -0.2) is 0 Å². The highest BCUT2D eigenvalue weighted by Gasteiger charge is 2.18. The van der Waals surface area contributed by atoms with Crippen molar-refractivity contribution in [1.29, 1.82) is 0 Å². The second kappa shape index (κ2) is 7.78. The summed E-state index contributed by atoms with van der Waals surface area (Å²) in [5, 5.41) is 0. The molecule has 6 heteroatoms.